The van der Waals surface area contributed by atoms with Crippen molar-refractivity contribution < 1.29 is 14.4 Å². The van der Waals surface area contributed by atoms with E-state index in [0.29, 0.717) is 24.2 Å². The molecular formula is C22H28N4O3. The fourth-order valence-electron chi connectivity index (χ4n) is 2.71. The average Bonchev–Trinajstić information content (AvgIpc) is 2.69. The van der Waals surface area contributed by atoms with Crippen molar-refractivity contribution in [2.75, 3.05) is 27.8 Å². The summed E-state index contributed by atoms with van der Waals surface area (Å²) in [6.07, 6.45) is 1.63. The summed E-state index contributed by atoms with van der Waals surface area (Å²) in [6, 6.07) is 12.5. The molecule has 7 heteroatoms. The standard InChI is InChI=1S/C22H28N4O3/c1-4-8-21(28)24-16-9-6-10-17(13-16)25-22(29)14-23-18-11-7-12-19(15(18)3)26-20(27)5-2/h6-7,9-13,23H,4-5,8,14H2,1-3H3,(H,24,28)(H,25,29)(H,26,27). The van der Waals surface area contributed by atoms with Crippen LogP contribution in [-0.4, -0.2) is 24.3 Å². The van der Waals surface area contributed by atoms with Crippen LogP contribution in [-0.2, 0) is 14.4 Å². The van der Waals surface area contributed by atoms with Crippen molar-refractivity contribution in [1.82, 2.24) is 0 Å². The first kappa shape index (κ1) is 21.9. The molecule has 2 rings (SSSR count). The first-order chi connectivity index (χ1) is 13.9. The van der Waals surface area contributed by atoms with Gasteiger partial charge in [0.2, 0.25) is 17.7 Å². The third kappa shape index (κ3) is 6.95. The van der Waals surface area contributed by atoms with Crippen molar-refractivity contribution in [3.05, 3.63) is 48.0 Å². The Kier molecular flexibility index (Phi) is 8.21. The summed E-state index contributed by atoms with van der Waals surface area (Å²) in [5.41, 5.74) is 3.60. The van der Waals surface area contributed by atoms with E-state index in [-0.39, 0.29) is 24.3 Å². The van der Waals surface area contributed by atoms with Gasteiger partial charge in [-0.2, -0.15) is 0 Å². The second-order valence-corrected chi connectivity index (χ2v) is 6.66. The van der Waals surface area contributed by atoms with Crippen molar-refractivity contribution in [2.24, 2.45) is 0 Å². The first-order valence-corrected chi connectivity index (χ1v) is 9.76. The van der Waals surface area contributed by atoms with Gasteiger partial charge >= 0.3 is 0 Å². The third-order valence-corrected chi connectivity index (χ3v) is 4.28. The lowest BCUT2D eigenvalue weighted by Gasteiger charge is -2.14. The molecule has 0 fully saturated rings. The Labute approximate surface area is 171 Å². The van der Waals surface area contributed by atoms with Crippen molar-refractivity contribution in [1.29, 1.82) is 0 Å². The van der Waals surface area contributed by atoms with Crippen LogP contribution in [0, 0.1) is 6.92 Å². The highest BCUT2D eigenvalue weighted by Gasteiger charge is 2.09. The van der Waals surface area contributed by atoms with Crippen LogP contribution in [0.4, 0.5) is 22.7 Å². The van der Waals surface area contributed by atoms with E-state index < -0.39 is 0 Å². The Morgan fingerprint density at radius 1 is 0.793 bits per heavy atom. The summed E-state index contributed by atoms with van der Waals surface area (Å²) >= 11 is 0. The molecule has 0 bridgehead atoms. The topological polar surface area (TPSA) is 99.3 Å². The molecule has 0 aliphatic carbocycles. The van der Waals surface area contributed by atoms with E-state index in [0.717, 1.165) is 23.4 Å². The quantitative estimate of drug-likeness (QED) is 0.512. The lowest BCUT2D eigenvalue weighted by molar-refractivity contribution is -0.116. The van der Waals surface area contributed by atoms with Crippen LogP contribution >= 0.6 is 0 Å². The summed E-state index contributed by atoms with van der Waals surface area (Å²) < 4.78 is 0. The van der Waals surface area contributed by atoms with Gasteiger partial charge in [-0.05, 0) is 49.2 Å². The van der Waals surface area contributed by atoms with E-state index >= 15 is 0 Å². The summed E-state index contributed by atoms with van der Waals surface area (Å²) in [7, 11) is 0. The van der Waals surface area contributed by atoms with Gasteiger partial charge in [-0.1, -0.05) is 26.0 Å². The SMILES string of the molecule is CCCC(=O)Nc1cccc(NC(=O)CNc2cccc(NC(=O)CC)c2C)c1. The molecule has 0 aliphatic rings. The average molecular weight is 396 g/mol. The van der Waals surface area contributed by atoms with Gasteiger partial charge in [0.25, 0.3) is 0 Å². The molecule has 0 unspecified atom stereocenters. The lowest BCUT2D eigenvalue weighted by Crippen LogP contribution is -2.22. The Bertz CT molecular complexity index is 880. The van der Waals surface area contributed by atoms with E-state index in [1.807, 2.05) is 32.0 Å². The first-order valence-electron chi connectivity index (χ1n) is 9.76. The van der Waals surface area contributed by atoms with Crippen LogP contribution in [0.1, 0.15) is 38.7 Å². The highest BCUT2D eigenvalue weighted by Crippen LogP contribution is 2.23. The van der Waals surface area contributed by atoms with Crippen LogP contribution in [0.25, 0.3) is 0 Å². The van der Waals surface area contributed by atoms with E-state index in [1.165, 1.54) is 0 Å². The normalized spacial score (nSPS) is 10.2. The number of benzene rings is 2. The molecule has 4 N–H and O–H groups in total. The van der Waals surface area contributed by atoms with Gasteiger partial charge in [-0.25, -0.2) is 0 Å². The minimum absolute atomic E-state index is 0.0526. The maximum atomic E-state index is 12.3. The van der Waals surface area contributed by atoms with Gasteiger partial charge in [-0.3, -0.25) is 14.4 Å². The molecule has 2 aromatic rings. The molecule has 0 spiro atoms. The van der Waals surface area contributed by atoms with Crippen LogP contribution in [0.3, 0.4) is 0 Å². The van der Waals surface area contributed by atoms with Gasteiger partial charge in [0, 0.05) is 35.6 Å². The second kappa shape index (κ2) is 10.8. The number of hydrogen-bond acceptors (Lipinski definition) is 4. The van der Waals surface area contributed by atoms with Crippen molar-refractivity contribution >= 4 is 40.5 Å². The monoisotopic (exact) mass is 396 g/mol. The number of amides is 3. The van der Waals surface area contributed by atoms with E-state index in [1.54, 1.807) is 31.2 Å². The molecule has 154 valence electrons. The highest BCUT2D eigenvalue weighted by molar-refractivity contribution is 5.96. The molecule has 0 aliphatic heterocycles. The Hall–Kier alpha value is -3.35. The second-order valence-electron chi connectivity index (χ2n) is 6.66. The molecule has 3 amide bonds. The van der Waals surface area contributed by atoms with Gasteiger partial charge in [0.15, 0.2) is 0 Å². The molecular weight excluding hydrogens is 368 g/mol. The van der Waals surface area contributed by atoms with E-state index in [9.17, 15) is 14.4 Å². The van der Waals surface area contributed by atoms with Gasteiger partial charge in [-0.15, -0.1) is 0 Å². The molecule has 2 aromatic carbocycles. The molecule has 7 nitrogen and oxygen atoms in total. The zero-order chi connectivity index (χ0) is 21.2. The Morgan fingerprint density at radius 2 is 1.41 bits per heavy atom. The van der Waals surface area contributed by atoms with Gasteiger partial charge in [0.05, 0.1) is 6.54 Å². The number of carbonyl (C=O) groups excluding carboxylic acids is 3. The minimum atomic E-state index is -0.218. The fraction of sp³-hybridized carbons (Fsp3) is 0.318. The van der Waals surface area contributed by atoms with Gasteiger partial charge in [0.1, 0.15) is 0 Å². The minimum Gasteiger partial charge on any atom is -0.376 e. The van der Waals surface area contributed by atoms with Crippen LogP contribution in [0.5, 0.6) is 0 Å². The lowest BCUT2D eigenvalue weighted by atomic mass is 10.1. The summed E-state index contributed by atoms with van der Waals surface area (Å²) in [6.45, 7) is 5.69. The van der Waals surface area contributed by atoms with E-state index in [4.69, 9.17) is 0 Å². The zero-order valence-electron chi connectivity index (χ0n) is 17.1. The van der Waals surface area contributed by atoms with Crippen LogP contribution in [0.15, 0.2) is 42.5 Å². The third-order valence-electron chi connectivity index (χ3n) is 4.28. The Morgan fingerprint density at radius 3 is 2.07 bits per heavy atom. The Balaban J connectivity index is 1.94. The molecule has 0 heterocycles. The molecule has 29 heavy (non-hydrogen) atoms. The zero-order valence-corrected chi connectivity index (χ0v) is 17.1. The number of rotatable bonds is 9. The van der Waals surface area contributed by atoms with Crippen molar-refractivity contribution in [2.45, 2.75) is 40.0 Å². The summed E-state index contributed by atoms with van der Waals surface area (Å²) in [5, 5.41) is 11.6. The fourth-order valence-corrected chi connectivity index (χ4v) is 2.71. The molecule has 0 aromatic heterocycles. The smallest absolute Gasteiger partial charge is 0.243 e. The molecule has 0 saturated carbocycles. The van der Waals surface area contributed by atoms with Gasteiger partial charge < -0.3 is 21.3 Å². The largest absolute Gasteiger partial charge is 0.376 e. The van der Waals surface area contributed by atoms with E-state index in [2.05, 4.69) is 21.3 Å². The maximum absolute atomic E-state index is 12.3. The van der Waals surface area contributed by atoms with Crippen molar-refractivity contribution in [3.63, 3.8) is 0 Å². The molecule has 0 saturated heterocycles. The summed E-state index contributed by atoms with van der Waals surface area (Å²) in [4.78, 5) is 35.7. The highest BCUT2D eigenvalue weighted by atomic mass is 16.2. The number of hydrogen-bond donors (Lipinski definition) is 4. The number of anilines is 4. The predicted octanol–water partition coefficient (Wildman–Crippen LogP) is 4.13. The van der Waals surface area contributed by atoms with Crippen molar-refractivity contribution in [3.8, 4) is 0 Å². The van der Waals surface area contributed by atoms with Crippen LogP contribution < -0.4 is 21.3 Å². The number of carbonyl (C=O) groups is 3. The molecule has 0 atom stereocenters. The number of nitrogens with one attached hydrogen (secondary N) is 4. The van der Waals surface area contributed by atoms with Crippen LogP contribution in [0.2, 0.25) is 0 Å². The maximum Gasteiger partial charge on any atom is 0.243 e. The summed E-state index contributed by atoms with van der Waals surface area (Å²) in [5.74, 6) is -0.332. The molecule has 0 radical (unpaired) electrons. The predicted molar refractivity (Wildman–Crippen MR) is 117 cm³/mol.